The summed E-state index contributed by atoms with van der Waals surface area (Å²) in [5, 5.41) is 0. The van der Waals surface area contributed by atoms with Crippen LogP contribution in [-0.4, -0.2) is 41.8 Å². The van der Waals surface area contributed by atoms with E-state index in [2.05, 4.69) is 45.0 Å². The summed E-state index contributed by atoms with van der Waals surface area (Å²) in [7, 11) is 1.84. The molecule has 0 aromatic heterocycles. The SMILES string of the molecule is Cc1ccc([C@@H]2[C@H](C(=O)N3C[C@H](C)C[C@@H](C)C3)CCC(=O)N2C)cc1. The standard InChI is InChI=1S/C21H30N2O2/c1-14-5-7-17(8-6-14)20-18(9-10-19(24)22(20)4)21(25)23-12-15(2)11-16(3)13-23/h5-8,15-16,18,20H,9-13H2,1-4H3/t15-,16-,18-,20-/m1/s1. The molecule has 4 nitrogen and oxygen atoms in total. The second-order valence-corrected chi connectivity index (χ2v) is 8.19. The van der Waals surface area contributed by atoms with Gasteiger partial charge in [-0.05, 0) is 37.2 Å². The first-order chi connectivity index (χ1) is 11.9. The van der Waals surface area contributed by atoms with Crippen molar-refractivity contribution in [3.8, 4) is 0 Å². The molecule has 2 aliphatic heterocycles. The molecule has 0 radical (unpaired) electrons. The number of likely N-dealkylation sites (tertiary alicyclic amines) is 2. The molecule has 25 heavy (non-hydrogen) atoms. The highest BCUT2D eigenvalue weighted by atomic mass is 16.2. The topological polar surface area (TPSA) is 40.6 Å². The molecule has 0 N–H and O–H groups in total. The van der Waals surface area contributed by atoms with Gasteiger partial charge < -0.3 is 9.80 Å². The lowest BCUT2D eigenvalue weighted by Gasteiger charge is -2.43. The summed E-state index contributed by atoms with van der Waals surface area (Å²) < 4.78 is 0. The maximum Gasteiger partial charge on any atom is 0.228 e. The number of aryl methyl sites for hydroxylation is 1. The minimum absolute atomic E-state index is 0.134. The maximum atomic E-state index is 13.3. The first-order valence-electron chi connectivity index (χ1n) is 9.47. The zero-order chi connectivity index (χ0) is 18.1. The first kappa shape index (κ1) is 18.0. The van der Waals surface area contributed by atoms with E-state index >= 15 is 0 Å². The third-order valence-corrected chi connectivity index (χ3v) is 5.78. The molecular weight excluding hydrogens is 312 g/mol. The second-order valence-electron chi connectivity index (χ2n) is 8.19. The quantitative estimate of drug-likeness (QED) is 0.826. The molecule has 4 atom stereocenters. The van der Waals surface area contributed by atoms with Crippen LogP contribution in [0.15, 0.2) is 24.3 Å². The van der Waals surface area contributed by atoms with Crippen LogP contribution in [0.5, 0.6) is 0 Å². The van der Waals surface area contributed by atoms with E-state index in [0.717, 1.165) is 18.7 Å². The summed E-state index contributed by atoms with van der Waals surface area (Å²) in [6.07, 6.45) is 2.31. The summed E-state index contributed by atoms with van der Waals surface area (Å²) in [5.74, 6) is 1.32. The minimum atomic E-state index is -0.151. The van der Waals surface area contributed by atoms with E-state index in [0.29, 0.717) is 24.7 Å². The fourth-order valence-corrected chi connectivity index (χ4v) is 4.59. The van der Waals surface area contributed by atoms with Crippen LogP contribution in [-0.2, 0) is 9.59 Å². The predicted octanol–water partition coefficient (Wildman–Crippen LogP) is 3.41. The van der Waals surface area contributed by atoms with E-state index in [4.69, 9.17) is 0 Å². The van der Waals surface area contributed by atoms with Gasteiger partial charge in [-0.1, -0.05) is 43.7 Å². The Hall–Kier alpha value is -1.84. The number of carbonyl (C=O) groups excluding carboxylic acids is 2. The van der Waals surface area contributed by atoms with E-state index in [9.17, 15) is 9.59 Å². The van der Waals surface area contributed by atoms with Crippen molar-refractivity contribution >= 4 is 11.8 Å². The average molecular weight is 342 g/mol. The van der Waals surface area contributed by atoms with Crippen molar-refractivity contribution in [3.63, 3.8) is 0 Å². The Morgan fingerprint density at radius 1 is 1.08 bits per heavy atom. The smallest absolute Gasteiger partial charge is 0.228 e. The Bertz CT molecular complexity index is 630. The molecule has 0 aliphatic carbocycles. The number of carbonyl (C=O) groups is 2. The Kier molecular flexibility index (Phi) is 5.16. The first-order valence-corrected chi connectivity index (χ1v) is 9.47. The summed E-state index contributed by atoms with van der Waals surface area (Å²) in [5.41, 5.74) is 2.26. The summed E-state index contributed by atoms with van der Waals surface area (Å²) in [4.78, 5) is 29.5. The zero-order valence-corrected chi connectivity index (χ0v) is 15.9. The van der Waals surface area contributed by atoms with Gasteiger partial charge in [-0.15, -0.1) is 0 Å². The lowest BCUT2D eigenvalue weighted by atomic mass is 9.82. The number of piperidine rings is 2. The van der Waals surface area contributed by atoms with Gasteiger partial charge in [-0.25, -0.2) is 0 Å². The molecule has 0 spiro atoms. The molecule has 4 heteroatoms. The van der Waals surface area contributed by atoms with E-state index in [1.165, 1.54) is 12.0 Å². The number of benzene rings is 1. The highest BCUT2D eigenvalue weighted by Crippen LogP contribution is 2.38. The molecule has 2 aliphatic rings. The average Bonchev–Trinajstić information content (AvgIpc) is 2.57. The van der Waals surface area contributed by atoms with Crippen LogP contribution in [0.3, 0.4) is 0 Å². The largest absolute Gasteiger partial charge is 0.342 e. The molecule has 1 aromatic rings. The summed E-state index contributed by atoms with van der Waals surface area (Å²) >= 11 is 0. The van der Waals surface area contributed by atoms with E-state index in [-0.39, 0.29) is 23.8 Å². The molecule has 136 valence electrons. The lowest BCUT2D eigenvalue weighted by molar-refractivity contribution is -0.148. The fraction of sp³-hybridized carbons (Fsp3) is 0.619. The van der Waals surface area contributed by atoms with Gasteiger partial charge in [0, 0.05) is 26.6 Å². The van der Waals surface area contributed by atoms with Crippen molar-refractivity contribution in [2.45, 2.75) is 46.1 Å². The van der Waals surface area contributed by atoms with Crippen molar-refractivity contribution < 1.29 is 9.59 Å². The monoisotopic (exact) mass is 342 g/mol. The van der Waals surface area contributed by atoms with E-state index < -0.39 is 0 Å². The number of nitrogens with zero attached hydrogens (tertiary/aromatic N) is 2. The summed E-state index contributed by atoms with van der Waals surface area (Å²) in [6.45, 7) is 8.20. The number of amides is 2. The fourth-order valence-electron chi connectivity index (χ4n) is 4.59. The van der Waals surface area contributed by atoms with Crippen molar-refractivity contribution in [1.82, 2.24) is 9.80 Å². The predicted molar refractivity (Wildman–Crippen MR) is 98.9 cm³/mol. The molecule has 0 saturated carbocycles. The van der Waals surface area contributed by atoms with Gasteiger partial charge in [0.2, 0.25) is 11.8 Å². The van der Waals surface area contributed by atoms with E-state index in [1.807, 2.05) is 11.9 Å². The molecule has 0 bridgehead atoms. The molecular formula is C21H30N2O2. The second kappa shape index (κ2) is 7.19. The van der Waals surface area contributed by atoms with Crippen LogP contribution >= 0.6 is 0 Å². The van der Waals surface area contributed by atoms with Gasteiger partial charge in [0.15, 0.2) is 0 Å². The van der Waals surface area contributed by atoms with Gasteiger partial charge in [0.05, 0.1) is 12.0 Å². The lowest BCUT2D eigenvalue weighted by Crippen LogP contribution is -2.50. The normalized spacial score (nSPS) is 30.5. The molecule has 2 heterocycles. The van der Waals surface area contributed by atoms with Crippen molar-refractivity contribution in [1.29, 1.82) is 0 Å². The molecule has 2 saturated heterocycles. The van der Waals surface area contributed by atoms with Gasteiger partial charge in [0.25, 0.3) is 0 Å². The Labute approximate surface area is 151 Å². The third kappa shape index (κ3) is 3.73. The Balaban J connectivity index is 1.87. The van der Waals surface area contributed by atoms with Gasteiger partial charge in [0.1, 0.15) is 0 Å². The number of rotatable bonds is 2. The number of hydrogen-bond donors (Lipinski definition) is 0. The summed E-state index contributed by atoms with van der Waals surface area (Å²) in [6, 6.07) is 8.11. The van der Waals surface area contributed by atoms with Crippen molar-refractivity contribution in [2.24, 2.45) is 17.8 Å². The van der Waals surface area contributed by atoms with Crippen LogP contribution in [0.1, 0.15) is 50.3 Å². The van der Waals surface area contributed by atoms with Crippen LogP contribution < -0.4 is 0 Å². The minimum Gasteiger partial charge on any atom is -0.342 e. The maximum absolute atomic E-state index is 13.3. The van der Waals surface area contributed by atoms with Crippen molar-refractivity contribution in [2.75, 3.05) is 20.1 Å². The van der Waals surface area contributed by atoms with Crippen LogP contribution in [0.25, 0.3) is 0 Å². The molecule has 2 fully saturated rings. The van der Waals surface area contributed by atoms with Gasteiger partial charge >= 0.3 is 0 Å². The third-order valence-electron chi connectivity index (χ3n) is 5.78. The molecule has 2 amide bonds. The molecule has 1 aromatic carbocycles. The Morgan fingerprint density at radius 3 is 2.28 bits per heavy atom. The van der Waals surface area contributed by atoms with Crippen LogP contribution in [0.4, 0.5) is 0 Å². The Morgan fingerprint density at radius 2 is 1.68 bits per heavy atom. The molecule has 3 rings (SSSR count). The van der Waals surface area contributed by atoms with Crippen LogP contribution in [0.2, 0.25) is 0 Å². The highest BCUT2D eigenvalue weighted by molar-refractivity contribution is 5.85. The molecule has 0 unspecified atom stereocenters. The highest BCUT2D eigenvalue weighted by Gasteiger charge is 2.41. The van der Waals surface area contributed by atoms with Crippen molar-refractivity contribution in [3.05, 3.63) is 35.4 Å². The zero-order valence-electron chi connectivity index (χ0n) is 15.9. The van der Waals surface area contributed by atoms with Gasteiger partial charge in [-0.3, -0.25) is 9.59 Å². The number of hydrogen-bond acceptors (Lipinski definition) is 2. The van der Waals surface area contributed by atoms with Gasteiger partial charge in [-0.2, -0.15) is 0 Å². The van der Waals surface area contributed by atoms with E-state index in [1.54, 1.807) is 4.90 Å². The van der Waals surface area contributed by atoms with Crippen LogP contribution in [0, 0.1) is 24.7 Å².